The molecule has 0 spiro atoms. The molecular formula is C16H16N4O2. The van der Waals surface area contributed by atoms with Crippen LogP contribution < -0.4 is 16.4 Å². The zero-order valence-corrected chi connectivity index (χ0v) is 12.1. The maximum Gasteiger partial charge on any atom is 0.256 e. The molecule has 0 unspecified atom stereocenters. The number of aromatic amines is 1. The molecule has 2 amide bonds. The number of carbonyl (C=O) groups excluding carboxylic acids is 2. The monoisotopic (exact) mass is 296 g/mol. The lowest BCUT2D eigenvalue weighted by atomic mass is 9.99. The molecule has 2 aromatic rings. The Morgan fingerprint density at radius 1 is 1.32 bits per heavy atom. The molecule has 5 N–H and O–H groups in total. The second kappa shape index (κ2) is 5.50. The van der Waals surface area contributed by atoms with Crippen molar-refractivity contribution in [2.24, 2.45) is 5.73 Å². The molecule has 1 aliphatic heterocycles. The number of nitrogens with one attached hydrogen (secondary N) is 3. The summed E-state index contributed by atoms with van der Waals surface area (Å²) in [5.41, 5.74) is 9.75. The Bertz CT molecular complexity index is 775. The van der Waals surface area contributed by atoms with Gasteiger partial charge in [0, 0.05) is 28.8 Å². The van der Waals surface area contributed by atoms with Gasteiger partial charge in [0.15, 0.2) is 0 Å². The number of hydrogen-bond acceptors (Lipinski definition) is 3. The van der Waals surface area contributed by atoms with E-state index < -0.39 is 0 Å². The van der Waals surface area contributed by atoms with Crippen LogP contribution in [0.4, 0.5) is 11.4 Å². The van der Waals surface area contributed by atoms with E-state index in [1.165, 1.54) is 0 Å². The number of amides is 2. The van der Waals surface area contributed by atoms with Crippen LogP contribution in [0.5, 0.6) is 0 Å². The molecular weight excluding hydrogens is 280 g/mol. The van der Waals surface area contributed by atoms with Gasteiger partial charge in [0.05, 0.1) is 12.1 Å². The van der Waals surface area contributed by atoms with Gasteiger partial charge in [-0.2, -0.15) is 0 Å². The largest absolute Gasteiger partial charge is 0.361 e. The molecule has 0 atom stereocenters. The Kier molecular flexibility index (Phi) is 3.52. The smallest absolute Gasteiger partial charge is 0.256 e. The number of anilines is 2. The Morgan fingerprint density at radius 3 is 2.82 bits per heavy atom. The van der Waals surface area contributed by atoms with Gasteiger partial charge in [-0.05, 0) is 42.8 Å². The summed E-state index contributed by atoms with van der Waals surface area (Å²) in [4.78, 5) is 26.8. The van der Waals surface area contributed by atoms with Gasteiger partial charge < -0.3 is 21.4 Å². The van der Waals surface area contributed by atoms with E-state index in [-0.39, 0.29) is 18.4 Å². The molecule has 1 aliphatic rings. The van der Waals surface area contributed by atoms with Gasteiger partial charge in [0.2, 0.25) is 5.91 Å². The average molecular weight is 296 g/mol. The highest BCUT2D eigenvalue weighted by Crippen LogP contribution is 2.37. The van der Waals surface area contributed by atoms with Crippen molar-refractivity contribution < 1.29 is 9.59 Å². The summed E-state index contributed by atoms with van der Waals surface area (Å²) in [5, 5.41) is 5.53. The van der Waals surface area contributed by atoms with Crippen LogP contribution in [-0.4, -0.2) is 23.3 Å². The fourth-order valence-electron chi connectivity index (χ4n) is 2.53. The highest BCUT2D eigenvalue weighted by molar-refractivity contribution is 6.36. The van der Waals surface area contributed by atoms with Crippen molar-refractivity contribution in [3.63, 3.8) is 0 Å². The standard InChI is InChI=1S/C16H16N4O2/c1-9(12-3-2-6-18-12)15-11-7-10(19-14(21)8-17)4-5-13(11)20-16(15)22/h2-7,18H,8,17H2,1H3,(H,19,21)(H,20,22)/b15-9-. The zero-order chi connectivity index (χ0) is 15.7. The first kappa shape index (κ1) is 14.1. The third-order valence-electron chi connectivity index (χ3n) is 3.61. The zero-order valence-electron chi connectivity index (χ0n) is 12.1. The third kappa shape index (κ3) is 2.40. The molecule has 0 saturated carbocycles. The number of H-pyrrole nitrogens is 1. The van der Waals surface area contributed by atoms with Crippen LogP contribution in [0.15, 0.2) is 36.5 Å². The first-order valence-corrected chi connectivity index (χ1v) is 6.90. The van der Waals surface area contributed by atoms with Gasteiger partial charge in [-0.3, -0.25) is 9.59 Å². The SMILES string of the molecule is C/C(=C1/C(=O)Nc2ccc(NC(=O)CN)cc21)c1ccc[nH]1. The molecule has 3 rings (SSSR count). The molecule has 0 fully saturated rings. The summed E-state index contributed by atoms with van der Waals surface area (Å²) in [7, 11) is 0. The molecule has 1 aromatic heterocycles. The Hall–Kier alpha value is -2.86. The number of rotatable bonds is 3. The van der Waals surface area contributed by atoms with Crippen molar-refractivity contribution in [2.75, 3.05) is 17.2 Å². The van der Waals surface area contributed by atoms with Crippen molar-refractivity contribution in [3.05, 3.63) is 47.8 Å². The quantitative estimate of drug-likeness (QED) is 0.650. The van der Waals surface area contributed by atoms with Gasteiger partial charge in [-0.15, -0.1) is 0 Å². The van der Waals surface area contributed by atoms with Crippen molar-refractivity contribution in [1.82, 2.24) is 4.98 Å². The number of aromatic nitrogens is 1. The van der Waals surface area contributed by atoms with E-state index in [0.717, 1.165) is 22.5 Å². The fraction of sp³-hybridized carbons (Fsp3) is 0.125. The number of fused-ring (bicyclic) bond motifs is 1. The van der Waals surface area contributed by atoms with Crippen molar-refractivity contribution in [3.8, 4) is 0 Å². The average Bonchev–Trinajstić information content (AvgIpc) is 3.13. The van der Waals surface area contributed by atoms with Crippen molar-refractivity contribution >= 4 is 34.3 Å². The Morgan fingerprint density at radius 2 is 2.14 bits per heavy atom. The van der Waals surface area contributed by atoms with Crippen molar-refractivity contribution in [1.29, 1.82) is 0 Å². The van der Waals surface area contributed by atoms with Crippen LogP contribution in [0.25, 0.3) is 11.1 Å². The van der Waals surface area contributed by atoms with Crippen LogP contribution in [0.2, 0.25) is 0 Å². The maximum absolute atomic E-state index is 12.3. The lowest BCUT2D eigenvalue weighted by molar-refractivity contribution is -0.115. The second-order valence-corrected chi connectivity index (χ2v) is 5.05. The normalized spacial score (nSPS) is 15.3. The number of carbonyl (C=O) groups is 2. The van der Waals surface area contributed by atoms with Crippen LogP contribution in [0.3, 0.4) is 0 Å². The van der Waals surface area contributed by atoms with Gasteiger partial charge in [0.25, 0.3) is 5.91 Å². The number of nitrogens with two attached hydrogens (primary N) is 1. The molecule has 6 nitrogen and oxygen atoms in total. The first-order chi connectivity index (χ1) is 10.6. The minimum absolute atomic E-state index is 0.0849. The highest BCUT2D eigenvalue weighted by atomic mass is 16.2. The maximum atomic E-state index is 12.3. The first-order valence-electron chi connectivity index (χ1n) is 6.90. The number of hydrogen-bond donors (Lipinski definition) is 4. The number of allylic oxidation sites excluding steroid dienone is 1. The molecule has 22 heavy (non-hydrogen) atoms. The van der Waals surface area contributed by atoms with Crippen LogP contribution >= 0.6 is 0 Å². The number of benzene rings is 1. The molecule has 2 heterocycles. The fourth-order valence-corrected chi connectivity index (χ4v) is 2.53. The predicted octanol–water partition coefficient (Wildman–Crippen LogP) is 1.79. The molecule has 1 aromatic carbocycles. The van der Waals surface area contributed by atoms with Crippen molar-refractivity contribution in [2.45, 2.75) is 6.92 Å². The van der Waals surface area contributed by atoms with Gasteiger partial charge in [-0.1, -0.05) is 0 Å². The van der Waals surface area contributed by atoms with E-state index >= 15 is 0 Å². The minimum Gasteiger partial charge on any atom is -0.361 e. The predicted molar refractivity (Wildman–Crippen MR) is 86.0 cm³/mol. The van der Waals surface area contributed by atoms with Gasteiger partial charge in [0.1, 0.15) is 0 Å². The molecule has 0 bridgehead atoms. The minimum atomic E-state index is -0.274. The third-order valence-corrected chi connectivity index (χ3v) is 3.61. The summed E-state index contributed by atoms with van der Waals surface area (Å²) in [6.45, 7) is 1.81. The lowest BCUT2D eigenvalue weighted by Gasteiger charge is -2.07. The van der Waals surface area contributed by atoms with Crippen LogP contribution in [0.1, 0.15) is 18.2 Å². The van der Waals surface area contributed by atoms with E-state index in [4.69, 9.17) is 5.73 Å². The summed E-state index contributed by atoms with van der Waals surface area (Å²) in [6.07, 6.45) is 1.81. The Balaban J connectivity index is 2.06. The van der Waals surface area contributed by atoms with E-state index in [1.807, 2.05) is 25.3 Å². The van der Waals surface area contributed by atoms with Gasteiger partial charge >= 0.3 is 0 Å². The molecule has 6 heteroatoms. The highest BCUT2D eigenvalue weighted by Gasteiger charge is 2.27. The molecule has 112 valence electrons. The summed E-state index contributed by atoms with van der Waals surface area (Å²) in [5.74, 6) is -0.423. The molecule has 0 radical (unpaired) electrons. The molecule has 0 saturated heterocycles. The summed E-state index contributed by atoms with van der Waals surface area (Å²) in [6, 6.07) is 9.08. The second-order valence-electron chi connectivity index (χ2n) is 5.05. The van der Waals surface area contributed by atoms with E-state index in [2.05, 4.69) is 15.6 Å². The topological polar surface area (TPSA) is 100 Å². The Labute approximate surface area is 127 Å². The van der Waals surface area contributed by atoms with Crippen LogP contribution in [-0.2, 0) is 9.59 Å². The van der Waals surface area contributed by atoms with Crippen LogP contribution in [0, 0.1) is 0 Å². The molecule has 0 aliphatic carbocycles. The summed E-state index contributed by atoms with van der Waals surface area (Å²) >= 11 is 0. The van der Waals surface area contributed by atoms with E-state index in [0.29, 0.717) is 11.3 Å². The van der Waals surface area contributed by atoms with E-state index in [9.17, 15) is 9.59 Å². The van der Waals surface area contributed by atoms with Gasteiger partial charge in [-0.25, -0.2) is 0 Å². The summed E-state index contributed by atoms with van der Waals surface area (Å²) < 4.78 is 0. The lowest BCUT2D eigenvalue weighted by Crippen LogP contribution is -2.21. The van der Waals surface area contributed by atoms with E-state index in [1.54, 1.807) is 18.2 Å².